The molecule has 0 bridgehead atoms. The zero-order chi connectivity index (χ0) is 34.3. The first-order valence-corrected chi connectivity index (χ1v) is 16.9. The number of carbonyl (C=O) groups is 3. The van der Waals surface area contributed by atoms with Gasteiger partial charge in [-0.1, -0.05) is 80.6 Å². The molecule has 4 rings (SSSR count). The standard InChI is InChI=1S/C36H44N6O5S/c1-25(2)33(41-35(45)42(3)21-30-23-48-24-38-30)34(44)39-29(17-26-11-6-4-7-12-26)19-32(43)31(18-27-13-8-5-9-14-27)40-36(46)47-22-28-15-10-16-37-20-28/h4-16,20,23-25,29,31-33,43H,17-19,21-22H2,1-3H3,(H,39,44)(H,40,46)(H,41,45)/t29-,31-,32-,33-/m0/s1. The molecule has 0 saturated heterocycles. The number of alkyl carbamates (subject to hydrolysis) is 1. The van der Waals surface area contributed by atoms with Crippen LogP contribution >= 0.6 is 11.3 Å². The molecule has 4 aromatic rings. The van der Waals surface area contributed by atoms with Crippen LogP contribution in [0.4, 0.5) is 9.59 Å². The van der Waals surface area contributed by atoms with E-state index in [1.807, 2.05) is 79.9 Å². The lowest BCUT2D eigenvalue weighted by atomic mass is 9.93. The van der Waals surface area contributed by atoms with Crippen molar-refractivity contribution in [2.75, 3.05) is 7.05 Å². The van der Waals surface area contributed by atoms with Gasteiger partial charge < -0.3 is 30.7 Å². The lowest BCUT2D eigenvalue weighted by Gasteiger charge is -2.30. The van der Waals surface area contributed by atoms with E-state index in [-0.39, 0.29) is 24.9 Å². The monoisotopic (exact) mass is 672 g/mol. The minimum atomic E-state index is -1.05. The number of rotatable bonds is 16. The van der Waals surface area contributed by atoms with E-state index in [4.69, 9.17) is 4.74 Å². The molecule has 254 valence electrons. The van der Waals surface area contributed by atoms with Gasteiger partial charge in [-0.05, 0) is 42.4 Å². The molecular weight excluding hydrogens is 629 g/mol. The van der Waals surface area contributed by atoms with E-state index in [0.29, 0.717) is 19.4 Å². The number of benzene rings is 2. The third-order valence-corrected chi connectivity index (χ3v) is 8.45. The zero-order valence-corrected chi connectivity index (χ0v) is 28.3. The maximum absolute atomic E-state index is 13.8. The molecule has 4 N–H and O–H groups in total. The normalized spacial score (nSPS) is 13.5. The van der Waals surface area contributed by atoms with E-state index in [0.717, 1.165) is 22.4 Å². The molecule has 4 atom stereocenters. The van der Waals surface area contributed by atoms with Crippen LogP contribution in [-0.2, 0) is 35.5 Å². The number of ether oxygens (including phenoxy) is 1. The van der Waals surface area contributed by atoms with Gasteiger partial charge in [-0.25, -0.2) is 14.6 Å². The van der Waals surface area contributed by atoms with Crippen LogP contribution in [-0.4, -0.2) is 69.3 Å². The summed E-state index contributed by atoms with van der Waals surface area (Å²) in [7, 11) is 1.65. The van der Waals surface area contributed by atoms with Gasteiger partial charge in [-0.3, -0.25) is 9.78 Å². The molecule has 11 nitrogen and oxygen atoms in total. The van der Waals surface area contributed by atoms with Crippen molar-refractivity contribution in [3.8, 4) is 0 Å². The van der Waals surface area contributed by atoms with Crippen molar-refractivity contribution < 1.29 is 24.2 Å². The summed E-state index contributed by atoms with van der Waals surface area (Å²) in [5.74, 6) is -0.581. The van der Waals surface area contributed by atoms with Crippen LogP contribution in [0.15, 0.2) is 96.1 Å². The number of urea groups is 1. The first kappa shape index (κ1) is 36.0. The molecule has 48 heavy (non-hydrogen) atoms. The molecule has 0 spiro atoms. The Balaban J connectivity index is 1.47. The summed E-state index contributed by atoms with van der Waals surface area (Å²) in [4.78, 5) is 49.5. The van der Waals surface area contributed by atoms with Crippen LogP contribution in [0.25, 0.3) is 0 Å². The number of hydrogen-bond donors (Lipinski definition) is 4. The van der Waals surface area contributed by atoms with Gasteiger partial charge in [-0.15, -0.1) is 11.3 Å². The molecule has 0 aliphatic carbocycles. The number of hydrogen-bond acceptors (Lipinski definition) is 8. The summed E-state index contributed by atoms with van der Waals surface area (Å²) in [6.07, 6.45) is 2.42. The summed E-state index contributed by atoms with van der Waals surface area (Å²) < 4.78 is 5.44. The Hall–Kier alpha value is -4.81. The van der Waals surface area contributed by atoms with Crippen LogP contribution in [0.1, 0.15) is 42.7 Å². The molecule has 2 aromatic heterocycles. The van der Waals surface area contributed by atoms with Crippen molar-refractivity contribution >= 4 is 29.4 Å². The Morgan fingerprint density at radius 3 is 2.17 bits per heavy atom. The Kier molecular flexibility index (Phi) is 13.9. The maximum atomic E-state index is 13.8. The Bertz CT molecular complexity index is 1540. The molecule has 0 saturated carbocycles. The quantitative estimate of drug-likeness (QED) is 0.135. The lowest BCUT2D eigenvalue weighted by molar-refractivity contribution is -0.124. The van der Waals surface area contributed by atoms with E-state index in [9.17, 15) is 19.5 Å². The molecule has 0 unspecified atom stereocenters. The van der Waals surface area contributed by atoms with Crippen molar-refractivity contribution in [3.63, 3.8) is 0 Å². The van der Waals surface area contributed by atoms with E-state index in [1.165, 1.54) is 16.2 Å². The third-order valence-electron chi connectivity index (χ3n) is 7.81. The molecule has 2 heterocycles. The average molecular weight is 673 g/mol. The maximum Gasteiger partial charge on any atom is 0.407 e. The third kappa shape index (κ3) is 11.8. The Morgan fingerprint density at radius 1 is 0.896 bits per heavy atom. The van der Waals surface area contributed by atoms with Crippen LogP contribution in [0.5, 0.6) is 0 Å². The minimum Gasteiger partial charge on any atom is -0.445 e. The van der Waals surface area contributed by atoms with E-state index < -0.39 is 36.4 Å². The highest BCUT2D eigenvalue weighted by Crippen LogP contribution is 2.16. The number of nitrogens with one attached hydrogen (secondary N) is 3. The number of amides is 4. The molecule has 0 radical (unpaired) electrons. The van der Waals surface area contributed by atoms with Crippen molar-refractivity contribution in [3.05, 3.63) is 118 Å². The fourth-order valence-corrected chi connectivity index (χ4v) is 5.77. The summed E-state index contributed by atoms with van der Waals surface area (Å²) >= 11 is 1.45. The van der Waals surface area contributed by atoms with Crippen molar-refractivity contribution in [2.45, 2.75) is 70.5 Å². The van der Waals surface area contributed by atoms with Gasteiger partial charge in [0.1, 0.15) is 12.6 Å². The smallest absolute Gasteiger partial charge is 0.407 e. The average Bonchev–Trinajstić information content (AvgIpc) is 3.60. The number of carbonyl (C=O) groups excluding carboxylic acids is 3. The topological polar surface area (TPSA) is 146 Å². The summed E-state index contributed by atoms with van der Waals surface area (Å²) in [5.41, 5.74) is 5.09. The van der Waals surface area contributed by atoms with E-state index in [2.05, 4.69) is 25.9 Å². The summed E-state index contributed by atoms with van der Waals surface area (Å²) in [5, 5.41) is 22.3. The fraction of sp³-hybridized carbons (Fsp3) is 0.361. The number of aromatic nitrogens is 2. The van der Waals surface area contributed by atoms with E-state index in [1.54, 1.807) is 37.1 Å². The second-order valence-electron chi connectivity index (χ2n) is 12.1. The molecular formula is C36H44N6O5S. The molecule has 0 fully saturated rings. The summed E-state index contributed by atoms with van der Waals surface area (Å²) in [6.45, 7) is 4.07. The number of aliphatic hydroxyl groups is 1. The van der Waals surface area contributed by atoms with Gasteiger partial charge in [0.25, 0.3) is 0 Å². The van der Waals surface area contributed by atoms with Crippen LogP contribution in [0, 0.1) is 5.92 Å². The Morgan fingerprint density at radius 2 is 1.56 bits per heavy atom. The summed E-state index contributed by atoms with van der Waals surface area (Å²) in [6, 6.07) is 20.3. The number of nitrogens with zero attached hydrogens (tertiary/aromatic N) is 3. The molecule has 12 heteroatoms. The van der Waals surface area contributed by atoms with Crippen molar-refractivity contribution in [1.29, 1.82) is 0 Å². The number of pyridine rings is 1. The predicted octanol–water partition coefficient (Wildman–Crippen LogP) is 4.72. The Labute approximate surface area is 285 Å². The van der Waals surface area contributed by atoms with Crippen LogP contribution in [0.2, 0.25) is 0 Å². The lowest BCUT2D eigenvalue weighted by Crippen LogP contribution is -2.55. The number of thiazole rings is 1. The van der Waals surface area contributed by atoms with Crippen LogP contribution in [0.3, 0.4) is 0 Å². The second-order valence-corrected chi connectivity index (χ2v) is 12.8. The number of aliphatic hydroxyl groups excluding tert-OH is 1. The largest absolute Gasteiger partial charge is 0.445 e. The van der Waals surface area contributed by atoms with Gasteiger partial charge in [0, 0.05) is 36.4 Å². The second kappa shape index (κ2) is 18.5. The predicted molar refractivity (Wildman–Crippen MR) is 185 cm³/mol. The first-order valence-electron chi connectivity index (χ1n) is 15.9. The van der Waals surface area contributed by atoms with Gasteiger partial charge in [0.2, 0.25) is 5.91 Å². The van der Waals surface area contributed by atoms with Crippen molar-refractivity contribution in [1.82, 2.24) is 30.8 Å². The molecule has 0 aliphatic heterocycles. The highest BCUT2D eigenvalue weighted by Gasteiger charge is 2.31. The highest BCUT2D eigenvalue weighted by atomic mass is 32.1. The first-order chi connectivity index (χ1) is 23.2. The van der Waals surface area contributed by atoms with Gasteiger partial charge >= 0.3 is 12.1 Å². The SMILES string of the molecule is CC(C)[C@H](NC(=O)N(C)Cc1cscn1)C(=O)N[C@@H](Cc1ccccc1)C[C@H](O)[C@H](Cc1ccccc1)NC(=O)OCc1cccnc1. The zero-order valence-electron chi connectivity index (χ0n) is 27.5. The van der Waals surface area contributed by atoms with Crippen molar-refractivity contribution in [2.24, 2.45) is 5.92 Å². The molecule has 4 amide bonds. The highest BCUT2D eigenvalue weighted by molar-refractivity contribution is 7.07. The molecule has 0 aliphatic rings. The van der Waals surface area contributed by atoms with Gasteiger partial charge in [-0.2, -0.15) is 0 Å². The van der Waals surface area contributed by atoms with Gasteiger partial charge in [0.15, 0.2) is 0 Å². The molecule has 2 aromatic carbocycles. The fourth-order valence-electron chi connectivity index (χ4n) is 5.22. The van der Waals surface area contributed by atoms with E-state index >= 15 is 0 Å². The minimum absolute atomic E-state index is 0.0296. The van der Waals surface area contributed by atoms with Crippen LogP contribution < -0.4 is 16.0 Å². The van der Waals surface area contributed by atoms with Gasteiger partial charge in [0.05, 0.1) is 29.9 Å².